The van der Waals surface area contributed by atoms with E-state index in [4.69, 9.17) is 0 Å². The summed E-state index contributed by atoms with van der Waals surface area (Å²) in [6.45, 7) is 0. The standard InChI is InChI=1S/C24H20N6O/c1-26-22-11-17(6-7-28-22)21-14-30-23-20(21)10-19(13-29-23)16-5-3-4-15(8-16)9-18(12-25)24(31)27-2/h3-11,13-14H,1-2H3,(H,26,28)(H,27,31)(H,29,30). The molecule has 0 saturated carbocycles. The average molecular weight is 408 g/mol. The minimum absolute atomic E-state index is 0.0548. The van der Waals surface area contributed by atoms with Crippen LogP contribution in [-0.4, -0.2) is 35.0 Å². The third-order valence-electron chi connectivity index (χ3n) is 4.98. The van der Waals surface area contributed by atoms with Crippen molar-refractivity contribution in [3.63, 3.8) is 0 Å². The molecule has 0 aliphatic carbocycles. The van der Waals surface area contributed by atoms with Gasteiger partial charge in [-0.05, 0) is 47.0 Å². The van der Waals surface area contributed by atoms with Crippen LogP contribution in [0.4, 0.5) is 5.82 Å². The zero-order chi connectivity index (χ0) is 21.8. The van der Waals surface area contributed by atoms with E-state index in [1.165, 1.54) is 7.05 Å². The summed E-state index contributed by atoms with van der Waals surface area (Å²) in [5.41, 5.74) is 5.55. The number of likely N-dealkylation sites (N-methyl/N-ethyl adjacent to an activating group) is 1. The Morgan fingerprint density at radius 1 is 1.10 bits per heavy atom. The van der Waals surface area contributed by atoms with E-state index in [0.29, 0.717) is 0 Å². The fourth-order valence-electron chi connectivity index (χ4n) is 3.39. The monoisotopic (exact) mass is 408 g/mol. The van der Waals surface area contributed by atoms with Gasteiger partial charge >= 0.3 is 0 Å². The lowest BCUT2D eigenvalue weighted by molar-refractivity contribution is -0.116. The van der Waals surface area contributed by atoms with Crippen LogP contribution in [0.5, 0.6) is 0 Å². The maximum Gasteiger partial charge on any atom is 0.261 e. The number of carbonyl (C=O) groups excluding carboxylic acids is 1. The smallest absolute Gasteiger partial charge is 0.261 e. The Labute approximate surface area is 179 Å². The van der Waals surface area contributed by atoms with Gasteiger partial charge in [-0.15, -0.1) is 0 Å². The van der Waals surface area contributed by atoms with E-state index in [-0.39, 0.29) is 5.57 Å². The van der Waals surface area contributed by atoms with Crippen molar-refractivity contribution in [3.05, 3.63) is 72.2 Å². The molecule has 0 unspecified atom stereocenters. The topological polar surface area (TPSA) is 106 Å². The SMILES string of the molecule is CNC(=O)C(C#N)=Cc1cccc(-c2cnc3[nH]cc(-c4ccnc(NC)c4)c3c2)c1. The third kappa shape index (κ3) is 4.00. The van der Waals surface area contributed by atoms with Gasteiger partial charge in [0, 0.05) is 49.2 Å². The third-order valence-corrected chi connectivity index (χ3v) is 4.98. The number of aromatic nitrogens is 3. The van der Waals surface area contributed by atoms with E-state index >= 15 is 0 Å². The van der Waals surface area contributed by atoms with Gasteiger partial charge in [0.1, 0.15) is 23.1 Å². The molecule has 1 aromatic carbocycles. The highest BCUT2D eigenvalue weighted by molar-refractivity contribution is 6.01. The first-order valence-corrected chi connectivity index (χ1v) is 9.68. The van der Waals surface area contributed by atoms with Crippen molar-refractivity contribution in [1.82, 2.24) is 20.3 Å². The maximum atomic E-state index is 11.8. The Morgan fingerprint density at radius 3 is 2.74 bits per heavy atom. The number of carbonyl (C=O) groups is 1. The number of benzene rings is 1. The van der Waals surface area contributed by atoms with E-state index < -0.39 is 5.91 Å². The molecule has 0 aliphatic rings. The summed E-state index contributed by atoms with van der Waals surface area (Å²) in [6, 6.07) is 15.6. The van der Waals surface area contributed by atoms with Gasteiger partial charge in [0.15, 0.2) is 0 Å². The van der Waals surface area contributed by atoms with Gasteiger partial charge in [-0.3, -0.25) is 4.79 Å². The second kappa shape index (κ2) is 8.51. The van der Waals surface area contributed by atoms with Crippen molar-refractivity contribution < 1.29 is 4.79 Å². The fourth-order valence-corrected chi connectivity index (χ4v) is 3.39. The molecular weight excluding hydrogens is 388 g/mol. The van der Waals surface area contributed by atoms with Crippen LogP contribution >= 0.6 is 0 Å². The summed E-state index contributed by atoms with van der Waals surface area (Å²) in [5.74, 6) is 0.381. The number of rotatable bonds is 5. The number of anilines is 1. The number of nitrogens with zero attached hydrogens (tertiary/aromatic N) is 3. The first-order chi connectivity index (χ1) is 15.1. The number of hydrogen-bond acceptors (Lipinski definition) is 5. The summed E-state index contributed by atoms with van der Waals surface area (Å²) >= 11 is 0. The molecule has 7 nitrogen and oxygen atoms in total. The quantitative estimate of drug-likeness (QED) is 0.342. The normalized spacial score (nSPS) is 11.2. The summed E-state index contributed by atoms with van der Waals surface area (Å²) in [4.78, 5) is 23.9. The lowest BCUT2D eigenvalue weighted by Crippen LogP contribution is -2.19. The van der Waals surface area contributed by atoms with Gasteiger partial charge in [0.2, 0.25) is 0 Å². The molecule has 0 spiro atoms. The Bertz CT molecular complexity index is 1350. The van der Waals surface area contributed by atoms with Gasteiger partial charge < -0.3 is 15.6 Å². The van der Waals surface area contributed by atoms with Crippen LogP contribution in [0.15, 0.2) is 66.6 Å². The fraction of sp³-hybridized carbons (Fsp3) is 0.0833. The number of hydrogen-bond donors (Lipinski definition) is 3. The molecule has 31 heavy (non-hydrogen) atoms. The number of fused-ring (bicyclic) bond motifs is 1. The van der Waals surface area contributed by atoms with Gasteiger partial charge in [0.05, 0.1) is 0 Å². The van der Waals surface area contributed by atoms with Crippen molar-refractivity contribution in [3.8, 4) is 28.3 Å². The molecule has 0 aliphatic heterocycles. The van der Waals surface area contributed by atoms with E-state index in [1.54, 1.807) is 18.5 Å². The van der Waals surface area contributed by atoms with E-state index in [9.17, 15) is 10.1 Å². The van der Waals surface area contributed by atoms with Gasteiger partial charge in [-0.1, -0.05) is 18.2 Å². The molecule has 0 radical (unpaired) electrons. The molecule has 3 N–H and O–H groups in total. The molecule has 4 aromatic rings. The number of nitrogens with one attached hydrogen (secondary N) is 3. The predicted molar refractivity (Wildman–Crippen MR) is 122 cm³/mol. The van der Waals surface area contributed by atoms with Crippen molar-refractivity contribution in [2.24, 2.45) is 0 Å². The largest absolute Gasteiger partial charge is 0.373 e. The van der Waals surface area contributed by atoms with Crippen LogP contribution in [0.3, 0.4) is 0 Å². The van der Waals surface area contributed by atoms with Crippen LogP contribution in [0.2, 0.25) is 0 Å². The number of aromatic amines is 1. The molecule has 152 valence electrons. The second-order valence-electron chi connectivity index (χ2n) is 6.88. The van der Waals surface area contributed by atoms with Crippen molar-refractivity contribution in [2.45, 2.75) is 0 Å². The number of H-pyrrole nitrogens is 1. The van der Waals surface area contributed by atoms with Crippen LogP contribution in [0.1, 0.15) is 5.56 Å². The minimum atomic E-state index is -0.411. The zero-order valence-electron chi connectivity index (χ0n) is 17.1. The highest BCUT2D eigenvalue weighted by atomic mass is 16.1. The van der Waals surface area contributed by atoms with E-state index in [0.717, 1.165) is 44.7 Å². The molecule has 4 rings (SSSR count). The molecule has 3 aromatic heterocycles. The Morgan fingerprint density at radius 2 is 1.97 bits per heavy atom. The van der Waals surface area contributed by atoms with Gasteiger partial charge in [0.25, 0.3) is 5.91 Å². The van der Waals surface area contributed by atoms with E-state index in [1.807, 2.05) is 55.7 Å². The number of amides is 1. The second-order valence-corrected chi connectivity index (χ2v) is 6.88. The van der Waals surface area contributed by atoms with Crippen molar-refractivity contribution in [2.75, 3.05) is 19.4 Å². The summed E-state index contributed by atoms with van der Waals surface area (Å²) in [6.07, 6.45) is 7.09. The molecule has 0 atom stereocenters. The summed E-state index contributed by atoms with van der Waals surface area (Å²) in [7, 11) is 3.34. The molecule has 0 saturated heterocycles. The van der Waals surface area contributed by atoms with Crippen molar-refractivity contribution in [1.29, 1.82) is 5.26 Å². The zero-order valence-corrected chi connectivity index (χ0v) is 17.1. The molecular formula is C24H20N6O. The highest BCUT2D eigenvalue weighted by Crippen LogP contribution is 2.32. The Hall–Kier alpha value is -4.44. The Balaban J connectivity index is 1.77. The molecule has 1 amide bonds. The van der Waals surface area contributed by atoms with Crippen LogP contribution in [0.25, 0.3) is 39.4 Å². The van der Waals surface area contributed by atoms with Gasteiger partial charge in [-0.2, -0.15) is 5.26 Å². The first-order valence-electron chi connectivity index (χ1n) is 9.68. The summed E-state index contributed by atoms with van der Waals surface area (Å²) < 4.78 is 0. The van der Waals surface area contributed by atoms with Crippen LogP contribution in [-0.2, 0) is 4.79 Å². The lowest BCUT2D eigenvalue weighted by Gasteiger charge is -2.06. The van der Waals surface area contributed by atoms with Crippen LogP contribution < -0.4 is 10.6 Å². The lowest BCUT2D eigenvalue weighted by atomic mass is 10.0. The first kappa shape index (κ1) is 19.9. The Kier molecular flexibility index (Phi) is 5.45. The van der Waals surface area contributed by atoms with Crippen LogP contribution in [0, 0.1) is 11.3 Å². The van der Waals surface area contributed by atoms with Gasteiger partial charge in [-0.25, -0.2) is 9.97 Å². The number of nitriles is 1. The molecule has 0 fully saturated rings. The summed E-state index contributed by atoms with van der Waals surface area (Å²) in [5, 5.41) is 15.8. The maximum absolute atomic E-state index is 11.8. The molecule has 7 heteroatoms. The minimum Gasteiger partial charge on any atom is -0.373 e. The average Bonchev–Trinajstić information content (AvgIpc) is 3.25. The highest BCUT2D eigenvalue weighted by Gasteiger charge is 2.11. The van der Waals surface area contributed by atoms with E-state index in [2.05, 4.69) is 31.7 Å². The van der Waals surface area contributed by atoms with Crippen molar-refractivity contribution >= 4 is 28.8 Å². The number of pyridine rings is 2. The molecule has 3 heterocycles. The molecule has 0 bridgehead atoms. The predicted octanol–water partition coefficient (Wildman–Crippen LogP) is 3.99.